The van der Waals surface area contributed by atoms with Gasteiger partial charge in [0.05, 0.1) is 31.5 Å². The number of halogens is 1. The number of carbonyl (C=O) groups excluding carboxylic acids is 1. The Kier molecular flexibility index (Phi) is 5.05. The van der Waals surface area contributed by atoms with Crippen molar-refractivity contribution in [3.63, 3.8) is 0 Å². The maximum absolute atomic E-state index is 12.1. The highest BCUT2D eigenvalue weighted by atomic mass is 35.5. The summed E-state index contributed by atoms with van der Waals surface area (Å²) in [6.45, 7) is 1.75. The average molecular weight is 301 g/mol. The molecule has 0 saturated carbocycles. The summed E-state index contributed by atoms with van der Waals surface area (Å²) >= 11 is 6.01. The van der Waals surface area contributed by atoms with E-state index < -0.39 is 6.10 Å². The normalized spacial score (nSPS) is 18.4. The van der Waals surface area contributed by atoms with Crippen LogP contribution in [0.3, 0.4) is 0 Å². The van der Waals surface area contributed by atoms with Crippen LogP contribution in [-0.4, -0.2) is 45.9 Å². The van der Waals surface area contributed by atoms with Crippen molar-refractivity contribution in [3.05, 3.63) is 17.2 Å². The van der Waals surface area contributed by atoms with Gasteiger partial charge in [0, 0.05) is 25.2 Å². The number of nitrogens with one attached hydrogen (secondary N) is 2. The van der Waals surface area contributed by atoms with Gasteiger partial charge in [0.2, 0.25) is 0 Å². The number of benzene rings is 1. The van der Waals surface area contributed by atoms with Crippen molar-refractivity contribution >= 4 is 23.2 Å². The Hall–Kier alpha value is -1.50. The fourth-order valence-corrected chi connectivity index (χ4v) is 2.14. The van der Waals surface area contributed by atoms with Crippen LogP contribution in [0.1, 0.15) is 0 Å². The number of ether oxygens (including phenoxy) is 3. The molecule has 1 amide bonds. The van der Waals surface area contributed by atoms with E-state index in [1.54, 1.807) is 12.1 Å². The van der Waals surface area contributed by atoms with Gasteiger partial charge >= 0.3 is 0 Å². The summed E-state index contributed by atoms with van der Waals surface area (Å²) in [5, 5.41) is 6.28. The highest BCUT2D eigenvalue weighted by molar-refractivity contribution is 6.32. The molecule has 6 nitrogen and oxygen atoms in total. The molecule has 0 aliphatic carbocycles. The van der Waals surface area contributed by atoms with E-state index in [0.717, 1.165) is 6.54 Å². The molecule has 0 aromatic heterocycles. The highest BCUT2D eigenvalue weighted by Gasteiger charge is 2.23. The lowest BCUT2D eigenvalue weighted by Crippen LogP contribution is -2.45. The molecule has 1 saturated heterocycles. The van der Waals surface area contributed by atoms with Crippen molar-refractivity contribution in [2.75, 3.05) is 39.2 Å². The zero-order valence-electron chi connectivity index (χ0n) is 11.4. The first-order valence-corrected chi connectivity index (χ1v) is 6.58. The molecule has 2 rings (SSSR count). The van der Waals surface area contributed by atoms with Crippen LogP contribution < -0.4 is 20.1 Å². The smallest absolute Gasteiger partial charge is 0.254 e. The SMILES string of the molecule is COc1cc(NC(=O)C2CNCCO2)c(OC)cc1Cl. The molecule has 2 N–H and O–H groups in total. The Morgan fingerprint density at radius 2 is 2.15 bits per heavy atom. The van der Waals surface area contributed by atoms with Gasteiger partial charge in [0.25, 0.3) is 5.91 Å². The fourth-order valence-electron chi connectivity index (χ4n) is 1.91. The van der Waals surface area contributed by atoms with Crippen molar-refractivity contribution in [1.82, 2.24) is 5.32 Å². The molecule has 110 valence electrons. The zero-order chi connectivity index (χ0) is 14.5. The molecule has 0 bridgehead atoms. The van der Waals surface area contributed by atoms with E-state index in [2.05, 4.69) is 10.6 Å². The number of amides is 1. The van der Waals surface area contributed by atoms with Gasteiger partial charge in [0.15, 0.2) is 0 Å². The lowest BCUT2D eigenvalue weighted by atomic mass is 10.2. The second-order valence-electron chi connectivity index (χ2n) is 4.24. The summed E-state index contributed by atoms with van der Waals surface area (Å²) < 4.78 is 15.7. The quantitative estimate of drug-likeness (QED) is 0.877. The summed E-state index contributed by atoms with van der Waals surface area (Å²) in [5.41, 5.74) is 0.493. The van der Waals surface area contributed by atoms with Crippen LogP contribution in [0.4, 0.5) is 5.69 Å². The number of morpholine rings is 1. The number of carbonyl (C=O) groups is 1. The monoisotopic (exact) mass is 300 g/mol. The third-order valence-electron chi connectivity index (χ3n) is 2.95. The van der Waals surface area contributed by atoms with Gasteiger partial charge in [-0.2, -0.15) is 0 Å². The first-order valence-electron chi connectivity index (χ1n) is 6.20. The third kappa shape index (κ3) is 3.33. The molecule has 1 aromatic carbocycles. The lowest BCUT2D eigenvalue weighted by molar-refractivity contribution is -0.128. The van der Waals surface area contributed by atoms with E-state index >= 15 is 0 Å². The number of methoxy groups -OCH3 is 2. The minimum absolute atomic E-state index is 0.236. The summed E-state index contributed by atoms with van der Waals surface area (Å²) in [7, 11) is 3.01. The summed E-state index contributed by atoms with van der Waals surface area (Å²) in [5.74, 6) is 0.693. The standard InChI is InChI=1S/C13H17ClN2O4/c1-18-10-6-9(11(19-2)5-8(10)14)16-13(17)12-7-15-3-4-20-12/h5-6,12,15H,3-4,7H2,1-2H3,(H,16,17). The van der Waals surface area contributed by atoms with Gasteiger partial charge in [0.1, 0.15) is 17.6 Å². The van der Waals surface area contributed by atoms with Crippen molar-refractivity contribution in [2.24, 2.45) is 0 Å². The van der Waals surface area contributed by atoms with E-state index in [1.807, 2.05) is 0 Å². The van der Waals surface area contributed by atoms with Crippen LogP contribution in [-0.2, 0) is 9.53 Å². The van der Waals surface area contributed by atoms with Crippen molar-refractivity contribution in [3.8, 4) is 11.5 Å². The van der Waals surface area contributed by atoms with Gasteiger partial charge in [-0.05, 0) is 0 Å². The van der Waals surface area contributed by atoms with Crippen LogP contribution in [0.5, 0.6) is 11.5 Å². The third-order valence-corrected chi connectivity index (χ3v) is 3.25. The molecular weight excluding hydrogens is 284 g/mol. The predicted molar refractivity (Wildman–Crippen MR) is 75.8 cm³/mol. The van der Waals surface area contributed by atoms with E-state index in [4.69, 9.17) is 25.8 Å². The van der Waals surface area contributed by atoms with E-state index in [9.17, 15) is 4.79 Å². The second-order valence-corrected chi connectivity index (χ2v) is 4.65. The molecule has 1 aliphatic rings. The number of hydrogen-bond donors (Lipinski definition) is 2. The van der Waals surface area contributed by atoms with Crippen LogP contribution >= 0.6 is 11.6 Å². The van der Waals surface area contributed by atoms with Crippen molar-refractivity contribution < 1.29 is 19.0 Å². The zero-order valence-corrected chi connectivity index (χ0v) is 12.1. The van der Waals surface area contributed by atoms with Crippen LogP contribution in [0.2, 0.25) is 5.02 Å². The van der Waals surface area contributed by atoms with Crippen LogP contribution in [0.15, 0.2) is 12.1 Å². The predicted octanol–water partition coefficient (Wildman–Crippen LogP) is 1.28. The molecule has 1 aliphatic heterocycles. The minimum Gasteiger partial charge on any atom is -0.495 e. The Morgan fingerprint density at radius 1 is 1.40 bits per heavy atom. The Balaban J connectivity index is 2.16. The summed E-state index contributed by atoms with van der Waals surface area (Å²) in [4.78, 5) is 12.1. The molecule has 1 heterocycles. The maximum atomic E-state index is 12.1. The molecule has 1 unspecified atom stereocenters. The molecule has 20 heavy (non-hydrogen) atoms. The van der Waals surface area contributed by atoms with Gasteiger partial charge in [-0.3, -0.25) is 4.79 Å². The average Bonchev–Trinajstić information content (AvgIpc) is 2.49. The molecule has 0 radical (unpaired) electrons. The minimum atomic E-state index is -0.518. The Labute approximate surface area is 122 Å². The fraction of sp³-hybridized carbons (Fsp3) is 0.462. The van der Waals surface area contributed by atoms with Crippen LogP contribution in [0.25, 0.3) is 0 Å². The molecule has 1 aromatic rings. The second kappa shape index (κ2) is 6.78. The van der Waals surface area contributed by atoms with E-state index in [1.165, 1.54) is 14.2 Å². The molecule has 1 fully saturated rings. The largest absolute Gasteiger partial charge is 0.495 e. The molecular formula is C13H17ClN2O4. The topological polar surface area (TPSA) is 68.8 Å². The number of rotatable bonds is 4. The highest BCUT2D eigenvalue weighted by Crippen LogP contribution is 2.35. The Bertz CT molecular complexity index is 490. The van der Waals surface area contributed by atoms with Crippen molar-refractivity contribution in [2.45, 2.75) is 6.10 Å². The van der Waals surface area contributed by atoms with Gasteiger partial charge in [-0.25, -0.2) is 0 Å². The van der Waals surface area contributed by atoms with Gasteiger partial charge in [-0.1, -0.05) is 11.6 Å². The molecule has 1 atom stereocenters. The van der Waals surface area contributed by atoms with Crippen LogP contribution in [0, 0.1) is 0 Å². The first kappa shape index (κ1) is 14.9. The van der Waals surface area contributed by atoms with Gasteiger partial charge in [-0.15, -0.1) is 0 Å². The summed E-state index contributed by atoms with van der Waals surface area (Å²) in [6.07, 6.45) is -0.518. The lowest BCUT2D eigenvalue weighted by Gasteiger charge is -2.23. The molecule has 0 spiro atoms. The molecule has 7 heteroatoms. The van der Waals surface area contributed by atoms with E-state index in [0.29, 0.717) is 35.4 Å². The first-order chi connectivity index (χ1) is 9.65. The van der Waals surface area contributed by atoms with Gasteiger partial charge < -0.3 is 24.8 Å². The maximum Gasteiger partial charge on any atom is 0.254 e. The van der Waals surface area contributed by atoms with E-state index in [-0.39, 0.29) is 5.91 Å². The number of anilines is 1. The summed E-state index contributed by atoms with van der Waals surface area (Å²) in [6, 6.07) is 3.21. The number of hydrogen-bond acceptors (Lipinski definition) is 5. The Morgan fingerprint density at radius 3 is 2.75 bits per heavy atom. The van der Waals surface area contributed by atoms with Crippen molar-refractivity contribution in [1.29, 1.82) is 0 Å².